The fraction of sp³-hybridized carbons (Fsp3) is 0.208. The predicted molar refractivity (Wildman–Crippen MR) is 127 cm³/mol. The first kappa shape index (κ1) is 20.3. The summed E-state index contributed by atoms with van der Waals surface area (Å²) in [7, 11) is 0. The Kier molecular flexibility index (Phi) is 5.60. The Labute approximate surface area is 188 Å². The van der Waals surface area contributed by atoms with E-state index in [1.54, 1.807) is 0 Å². The standard InChI is InChI=1S/C24H22N6OS/c1-2-3-8-21-25-20-13-14-32-22(20)24(31)30(21)15-16-9-11-17(12-10-16)18-6-4-5-7-19(18)23-26-28-29-27-23/h4-7,9-14H,2-3,8,15H2,1H3,(H,26,27,28,29). The van der Waals surface area contributed by atoms with Crippen LogP contribution in [0, 0.1) is 0 Å². The molecule has 5 aromatic rings. The molecule has 0 spiro atoms. The molecule has 0 aliphatic carbocycles. The average molecular weight is 443 g/mol. The Hall–Kier alpha value is -3.65. The number of nitrogens with one attached hydrogen (secondary N) is 1. The van der Waals surface area contributed by atoms with E-state index < -0.39 is 0 Å². The summed E-state index contributed by atoms with van der Waals surface area (Å²) in [4.78, 5) is 17.9. The molecule has 0 aliphatic rings. The van der Waals surface area contributed by atoms with Gasteiger partial charge < -0.3 is 0 Å². The number of thiophene rings is 1. The summed E-state index contributed by atoms with van der Waals surface area (Å²) in [5, 5.41) is 16.4. The highest BCUT2D eigenvalue weighted by Gasteiger charge is 2.14. The largest absolute Gasteiger partial charge is 0.291 e. The first-order chi connectivity index (χ1) is 15.7. The van der Waals surface area contributed by atoms with Crippen LogP contribution in [0.25, 0.3) is 32.7 Å². The average Bonchev–Trinajstić information content (AvgIpc) is 3.53. The number of tetrazole rings is 1. The first-order valence-corrected chi connectivity index (χ1v) is 11.5. The second kappa shape index (κ2) is 8.84. The van der Waals surface area contributed by atoms with E-state index >= 15 is 0 Å². The fourth-order valence-corrected chi connectivity index (χ4v) is 4.64. The molecule has 0 saturated carbocycles. The van der Waals surface area contributed by atoms with Crippen molar-refractivity contribution in [1.29, 1.82) is 0 Å². The third kappa shape index (κ3) is 3.85. The molecule has 3 heterocycles. The summed E-state index contributed by atoms with van der Waals surface area (Å²) in [5.41, 5.74) is 4.91. The van der Waals surface area contributed by atoms with E-state index in [2.05, 4.69) is 51.8 Å². The van der Waals surface area contributed by atoms with Gasteiger partial charge in [-0.05, 0) is 39.8 Å². The smallest absolute Gasteiger partial charge is 0.271 e. The van der Waals surface area contributed by atoms with E-state index in [0.29, 0.717) is 12.4 Å². The molecule has 7 nitrogen and oxygen atoms in total. The molecule has 0 amide bonds. The molecule has 160 valence electrons. The van der Waals surface area contributed by atoms with Crippen molar-refractivity contribution in [1.82, 2.24) is 30.2 Å². The van der Waals surface area contributed by atoms with Crippen LogP contribution >= 0.6 is 11.3 Å². The van der Waals surface area contributed by atoms with Crippen LogP contribution in [0.5, 0.6) is 0 Å². The number of aryl methyl sites for hydroxylation is 1. The Morgan fingerprint density at radius 2 is 1.84 bits per heavy atom. The monoisotopic (exact) mass is 442 g/mol. The number of fused-ring (bicyclic) bond motifs is 1. The van der Waals surface area contributed by atoms with Crippen LogP contribution in [-0.2, 0) is 13.0 Å². The lowest BCUT2D eigenvalue weighted by Crippen LogP contribution is -2.25. The maximum Gasteiger partial charge on any atom is 0.271 e. The normalized spacial score (nSPS) is 11.3. The van der Waals surface area contributed by atoms with Crippen LogP contribution in [0.2, 0.25) is 0 Å². The van der Waals surface area contributed by atoms with Gasteiger partial charge in [-0.25, -0.2) is 4.98 Å². The molecule has 5 rings (SSSR count). The van der Waals surface area contributed by atoms with Gasteiger partial charge >= 0.3 is 0 Å². The van der Waals surface area contributed by atoms with E-state index in [4.69, 9.17) is 4.98 Å². The van der Waals surface area contributed by atoms with Gasteiger partial charge in [0, 0.05) is 12.0 Å². The van der Waals surface area contributed by atoms with Gasteiger partial charge in [-0.2, -0.15) is 5.21 Å². The molecule has 0 bridgehead atoms. The molecule has 8 heteroatoms. The van der Waals surface area contributed by atoms with Crippen molar-refractivity contribution >= 4 is 21.6 Å². The molecular formula is C24H22N6OS. The maximum atomic E-state index is 13.2. The predicted octanol–water partition coefficient (Wildman–Crippen LogP) is 4.70. The third-order valence-electron chi connectivity index (χ3n) is 5.52. The minimum Gasteiger partial charge on any atom is -0.291 e. The number of aromatic nitrogens is 6. The lowest BCUT2D eigenvalue weighted by Gasteiger charge is -2.13. The number of hydrogen-bond acceptors (Lipinski definition) is 6. The molecule has 32 heavy (non-hydrogen) atoms. The van der Waals surface area contributed by atoms with Gasteiger partial charge in [0.05, 0.1) is 12.1 Å². The summed E-state index contributed by atoms with van der Waals surface area (Å²) in [6.07, 6.45) is 2.87. The molecule has 0 unspecified atom stereocenters. The molecule has 0 radical (unpaired) electrons. The third-order valence-corrected chi connectivity index (χ3v) is 6.41. The fourth-order valence-electron chi connectivity index (χ4n) is 3.86. The second-order valence-electron chi connectivity index (χ2n) is 7.64. The van der Waals surface area contributed by atoms with E-state index in [1.165, 1.54) is 11.3 Å². The SMILES string of the molecule is CCCCc1nc2ccsc2c(=O)n1Cc1ccc(-c2ccccc2-c2nn[nH]n2)cc1. The number of nitrogens with zero attached hydrogens (tertiary/aromatic N) is 5. The zero-order chi connectivity index (χ0) is 21.9. The summed E-state index contributed by atoms with van der Waals surface area (Å²) < 4.78 is 2.55. The van der Waals surface area contributed by atoms with Crippen molar-refractivity contribution < 1.29 is 0 Å². The lowest BCUT2D eigenvalue weighted by molar-refractivity contribution is 0.647. The van der Waals surface area contributed by atoms with Crippen LogP contribution in [0.1, 0.15) is 31.2 Å². The van der Waals surface area contributed by atoms with Crippen molar-refractivity contribution in [3.05, 3.63) is 81.7 Å². The summed E-state index contributed by atoms with van der Waals surface area (Å²) in [6, 6.07) is 18.2. The van der Waals surface area contributed by atoms with Gasteiger partial charge in [-0.1, -0.05) is 61.9 Å². The Balaban J connectivity index is 1.48. The van der Waals surface area contributed by atoms with Gasteiger partial charge in [-0.15, -0.1) is 21.5 Å². The van der Waals surface area contributed by atoms with Crippen LogP contribution in [-0.4, -0.2) is 30.2 Å². The zero-order valence-corrected chi connectivity index (χ0v) is 18.5. The van der Waals surface area contributed by atoms with Crippen LogP contribution in [0.3, 0.4) is 0 Å². The van der Waals surface area contributed by atoms with Crippen LogP contribution in [0.4, 0.5) is 0 Å². The van der Waals surface area contributed by atoms with E-state index in [0.717, 1.165) is 57.6 Å². The van der Waals surface area contributed by atoms with Crippen molar-refractivity contribution in [2.45, 2.75) is 32.7 Å². The second-order valence-corrected chi connectivity index (χ2v) is 8.55. The van der Waals surface area contributed by atoms with Crippen molar-refractivity contribution in [3.8, 4) is 22.5 Å². The summed E-state index contributed by atoms with van der Waals surface area (Å²) in [6.45, 7) is 2.65. The van der Waals surface area contributed by atoms with Crippen molar-refractivity contribution in [2.24, 2.45) is 0 Å². The van der Waals surface area contributed by atoms with Gasteiger partial charge in [0.25, 0.3) is 5.56 Å². The number of aromatic amines is 1. The van der Waals surface area contributed by atoms with E-state index in [9.17, 15) is 4.79 Å². The molecular weight excluding hydrogens is 420 g/mol. The Morgan fingerprint density at radius 3 is 2.59 bits per heavy atom. The van der Waals surface area contributed by atoms with Crippen molar-refractivity contribution in [2.75, 3.05) is 0 Å². The molecule has 0 atom stereocenters. The molecule has 0 fully saturated rings. The Morgan fingerprint density at radius 1 is 1.03 bits per heavy atom. The quantitative estimate of drug-likeness (QED) is 0.395. The van der Waals surface area contributed by atoms with Gasteiger partial charge in [-0.3, -0.25) is 9.36 Å². The Bertz CT molecular complexity index is 1400. The van der Waals surface area contributed by atoms with Crippen LogP contribution in [0.15, 0.2) is 64.8 Å². The molecule has 1 N–H and O–H groups in total. The number of unbranched alkanes of at least 4 members (excludes halogenated alkanes) is 1. The number of hydrogen-bond donors (Lipinski definition) is 1. The first-order valence-electron chi connectivity index (χ1n) is 10.6. The minimum absolute atomic E-state index is 0.0441. The molecule has 0 aliphatic heterocycles. The molecule has 2 aromatic carbocycles. The highest BCUT2D eigenvalue weighted by Crippen LogP contribution is 2.29. The highest BCUT2D eigenvalue weighted by atomic mass is 32.1. The summed E-state index contributed by atoms with van der Waals surface area (Å²) in [5.74, 6) is 1.42. The molecule has 3 aromatic heterocycles. The highest BCUT2D eigenvalue weighted by molar-refractivity contribution is 7.17. The number of benzene rings is 2. The zero-order valence-electron chi connectivity index (χ0n) is 17.7. The van der Waals surface area contributed by atoms with Crippen LogP contribution < -0.4 is 5.56 Å². The van der Waals surface area contributed by atoms with E-state index in [-0.39, 0.29) is 5.56 Å². The van der Waals surface area contributed by atoms with Gasteiger partial charge in [0.2, 0.25) is 5.82 Å². The number of rotatable bonds is 7. The summed E-state index contributed by atoms with van der Waals surface area (Å²) >= 11 is 1.46. The maximum absolute atomic E-state index is 13.2. The number of H-pyrrole nitrogens is 1. The minimum atomic E-state index is 0.0441. The lowest BCUT2D eigenvalue weighted by atomic mass is 9.98. The van der Waals surface area contributed by atoms with Gasteiger partial charge in [0.1, 0.15) is 10.5 Å². The van der Waals surface area contributed by atoms with Gasteiger partial charge in [0.15, 0.2) is 0 Å². The topological polar surface area (TPSA) is 89.4 Å². The van der Waals surface area contributed by atoms with E-state index in [1.807, 2.05) is 40.3 Å². The van der Waals surface area contributed by atoms with Crippen molar-refractivity contribution in [3.63, 3.8) is 0 Å². The molecule has 0 saturated heterocycles.